The van der Waals surface area contributed by atoms with Gasteiger partial charge in [0.2, 0.25) is 21.9 Å². The highest BCUT2D eigenvalue weighted by molar-refractivity contribution is 7.92. The Kier molecular flexibility index (Phi) is 8.79. The molecule has 2 N–H and O–H groups in total. The number of carbonyl (C=O) groups is 1. The molecule has 238 valence electrons. The van der Waals surface area contributed by atoms with Crippen LogP contribution >= 0.6 is 0 Å². The van der Waals surface area contributed by atoms with Gasteiger partial charge in [-0.25, -0.2) is 18.2 Å². The highest BCUT2D eigenvalue weighted by atomic mass is 32.2. The van der Waals surface area contributed by atoms with Crippen molar-refractivity contribution in [1.29, 1.82) is 0 Å². The minimum Gasteiger partial charge on any atom is -0.492 e. The van der Waals surface area contributed by atoms with Crippen LogP contribution in [0.5, 0.6) is 17.4 Å². The third-order valence-electron chi connectivity index (χ3n) is 7.65. The van der Waals surface area contributed by atoms with E-state index in [1.807, 2.05) is 70.2 Å². The van der Waals surface area contributed by atoms with Crippen LogP contribution in [0.4, 0.5) is 27.8 Å². The fourth-order valence-corrected chi connectivity index (χ4v) is 5.89. The van der Waals surface area contributed by atoms with Gasteiger partial charge in [-0.2, -0.15) is 4.98 Å². The largest absolute Gasteiger partial charge is 0.492 e. The van der Waals surface area contributed by atoms with Crippen molar-refractivity contribution in [1.82, 2.24) is 9.97 Å². The molecule has 1 saturated heterocycles. The number of fused-ring (bicyclic) bond motifs is 1. The summed E-state index contributed by atoms with van der Waals surface area (Å²) < 4.78 is 38.7. The molecule has 0 unspecified atom stereocenters. The van der Waals surface area contributed by atoms with Gasteiger partial charge in [-0.05, 0) is 55.0 Å². The van der Waals surface area contributed by atoms with Gasteiger partial charge in [0.1, 0.15) is 5.75 Å². The lowest BCUT2D eigenvalue weighted by atomic mass is 9.86. The highest BCUT2D eigenvalue weighted by Gasteiger charge is 2.24. The van der Waals surface area contributed by atoms with Crippen LogP contribution in [0.15, 0.2) is 54.6 Å². The molecule has 11 nitrogen and oxygen atoms in total. The molecule has 5 rings (SSSR count). The molecule has 0 spiro atoms. The van der Waals surface area contributed by atoms with Gasteiger partial charge in [-0.15, -0.1) is 0 Å². The maximum atomic E-state index is 13.7. The standard InChI is InChI=1S/C33H40N6O5S/c1-21-18-29(36-31(34-21)39-16-10-11-17-39)44-28-15-14-27(23-12-8-9-13-24(23)28)38(5)32(40)35-25-19-22(33(2,3)4)20-26(30(25)43-6)37-45(7,41)42/h8-9,12-15,18-20,37H,10-11,16-17H2,1-7H3,(H,35,40). The van der Waals surface area contributed by atoms with E-state index < -0.39 is 16.1 Å². The van der Waals surface area contributed by atoms with Gasteiger partial charge in [0.15, 0.2) is 5.75 Å². The summed E-state index contributed by atoms with van der Waals surface area (Å²) in [5.74, 6) is 1.93. The van der Waals surface area contributed by atoms with E-state index in [2.05, 4.69) is 24.9 Å². The fourth-order valence-electron chi connectivity index (χ4n) is 5.34. The molecule has 0 saturated carbocycles. The van der Waals surface area contributed by atoms with Gasteiger partial charge in [0, 0.05) is 42.7 Å². The average molecular weight is 633 g/mol. The summed E-state index contributed by atoms with van der Waals surface area (Å²) in [6.45, 7) is 9.79. The fraction of sp³-hybridized carbons (Fsp3) is 0.364. The normalized spacial score (nSPS) is 13.5. The molecule has 1 fully saturated rings. The molecule has 0 radical (unpaired) electrons. The first-order chi connectivity index (χ1) is 21.2. The van der Waals surface area contributed by atoms with Crippen molar-refractivity contribution >= 4 is 49.8 Å². The molecule has 1 aliphatic heterocycles. The van der Waals surface area contributed by atoms with Gasteiger partial charge in [-0.3, -0.25) is 9.62 Å². The van der Waals surface area contributed by atoms with Crippen LogP contribution in [0.2, 0.25) is 0 Å². The summed E-state index contributed by atoms with van der Waals surface area (Å²) >= 11 is 0. The number of sulfonamides is 1. The Bertz CT molecular complexity index is 1850. The van der Waals surface area contributed by atoms with Crippen molar-refractivity contribution < 1.29 is 22.7 Å². The summed E-state index contributed by atoms with van der Waals surface area (Å²) in [6.07, 6.45) is 3.31. The SMILES string of the molecule is COc1c(NC(=O)N(C)c2ccc(Oc3cc(C)nc(N4CCCC4)n3)c3ccccc23)cc(C(C)(C)C)cc1NS(C)(=O)=O. The van der Waals surface area contributed by atoms with E-state index in [1.54, 1.807) is 19.2 Å². The number of hydrogen-bond donors (Lipinski definition) is 2. The van der Waals surface area contributed by atoms with Crippen molar-refractivity contribution in [3.05, 3.63) is 65.9 Å². The first-order valence-corrected chi connectivity index (χ1v) is 16.7. The summed E-state index contributed by atoms with van der Waals surface area (Å²) in [5.41, 5.74) is 2.52. The number of aryl methyl sites for hydroxylation is 1. The number of anilines is 4. The molecule has 3 aromatic carbocycles. The summed E-state index contributed by atoms with van der Waals surface area (Å²) in [6, 6.07) is 16.2. The molecular weight excluding hydrogens is 592 g/mol. The molecule has 1 aliphatic rings. The lowest BCUT2D eigenvalue weighted by Crippen LogP contribution is -2.31. The summed E-state index contributed by atoms with van der Waals surface area (Å²) in [4.78, 5) is 26.7. The Labute approximate surface area is 264 Å². The number of benzene rings is 3. The van der Waals surface area contributed by atoms with E-state index in [0.29, 0.717) is 29.0 Å². The average Bonchev–Trinajstić information content (AvgIpc) is 3.51. The second-order valence-electron chi connectivity index (χ2n) is 12.3. The lowest BCUT2D eigenvalue weighted by molar-refractivity contribution is 0.258. The minimum atomic E-state index is -3.61. The van der Waals surface area contributed by atoms with E-state index in [1.165, 1.54) is 12.0 Å². The van der Waals surface area contributed by atoms with E-state index in [4.69, 9.17) is 9.47 Å². The van der Waals surface area contributed by atoms with Gasteiger partial charge >= 0.3 is 6.03 Å². The second kappa shape index (κ2) is 12.4. The minimum absolute atomic E-state index is 0.206. The molecule has 2 amide bonds. The van der Waals surface area contributed by atoms with Gasteiger partial charge in [0.25, 0.3) is 0 Å². The highest BCUT2D eigenvalue weighted by Crippen LogP contribution is 2.40. The van der Waals surface area contributed by atoms with Crippen LogP contribution in [-0.2, 0) is 15.4 Å². The molecule has 0 atom stereocenters. The van der Waals surface area contributed by atoms with Crippen molar-refractivity contribution in [2.24, 2.45) is 0 Å². The van der Waals surface area contributed by atoms with Crippen LogP contribution in [-0.4, -0.2) is 57.9 Å². The van der Waals surface area contributed by atoms with E-state index in [9.17, 15) is 13.2 Å². The summed E-state index contributed by atoms with van der Waals surface area (Å²) in [5, 5.41) is 4.54. The molecular formula is C33H40N6O5S. The summed E-state index contributed by atoms with van der Waals surface area (Å²) in [7, 11) is -0.513. The third-order valence-corrected chi connectivity index (χ3v) is 8.24. The maximum absolute atomic E-state index is 13.7. The number of urea groups is 1. The van der Waals surface area contributed by atoms with Crippen LogP contribution in [0.25, 0.3) is 10.8 Å². The third kappa shape index (κ3) is 7.22. The molecule has 12 heteroatoms. The Morgan fingerprint density at radius 3 is 2.29 bits per heavy atom. The maximum Gasteiger partial charge on any atom is 0.326 e. The van der Waals surface area contributed by atoms with Crippen molar-refractivity contribution in [2.75, 3.05) is 53.3 Å². The Balaban J connectivity index is 1.47. The molecule has 0 bridgehead atoms. The van der Waals surface area contributed by atoms with Gasteiger partial charge in [-0.1, -0.05) is 45.0 Å². The number of amides is 2. The number of nitrogens with one attached hydrogen (secondary N) is 2. The first-order valence-electron chi connectivity index (χ1n) is 14.8. The monoisotopic (exact) mass is 632 g/mol. The zero-order valence-corrected chi connectivity index (χ0v) is 27.6. The molecule has 0 aliphatic carbocycles. The quantitative estimate of drug-likeness (QED) is 0.220. The van der Waals surface area contributed by atoms with Crippen LogP contribution in [0.3, 0.4) is 0 Å². The number of ether oxygens (including phenoxy) is 2. The number of aromatic nitrogens is 2. The number of carbonyl (C=O) groups excluding carboxylic acids is 1. The molecule has 4 aromatic rings. The zero-order valence-electron chi connectivity index (χ0n) is 26.8. The smallest absolute Gasteiger partial charge is 0.326 e. The number of rotatable bonds is 8. The van der Waals surface area contributed by atoms with E-state index in [-0.39, 0.29) is 16.9 Å². The lowest BCUT2D eigenvalue weighted by Gasteiger charge is -2.25. The number of nitrogens with zero attached hydrogens (tertiary/aromatic N) is 4. The Morgan fingerprint density at radius 1 is 0.978 bits per heavy atom. The topological polar surface area (TPSA) is 126 Å². The molecule has 2 heterocycles. The van der Waals surface area contributed by atoms with Crippen LogP contribution in [0, 0.1) is 6.92 Å². The number of hydrogen-bond acceptors (Lipinski definition) is 8. The van der Waals surface area contributed by atoms with Crippen molar-refractivity contribution in [3.63, 3.8) is 0 Å². The van der Waals surface area contributed by atoms with Crippen LogP contribution in [0.1, 0.15) is 44.9 Å². The van der Waals surface area contributed by atoms with Gasteiger partial charge < -0.3 is 19.7 Å². The predicted octanol–water partition coefficient (Wildman–Crippen LogP) is 6.68. The van der Waals surface area contributed by atoms with Crippen molar-refractivity contribution in [2.45, 2.75) is 46.0 Å². The predicted molar refractivity (Wildman–Crippen MR) is 180 cm³/mol. The number of methoxy groups -OCH3 is 1. The van der Waals surface area contributed by atoms with E-state index in [0.717, 1.165) is 54.2 Å². The molecule has 45 heavy (non-hydrogen) atoms. The zero-order chi connectivity index (χ0) is 32.5. The van der Waals surface area contributed by atoms with Crippen molar-refractivity contribution in [3.8, 4) is 17.4 Å². The van der Waals surface area contributed by atoms with Gasteiger partial charge in [0.05, 0.1) is 30.4 Å². The van der Waals surface area contributed by atoms with E-state index >= 15 is 0 Å². The second-order valence-corrected chi connectivity index (χ2v) is 14.0. The first kappa shape index (κ1) is 31.8. The Hall–Kier alpha value is -4.58. The molecule has 1 aromatic heterocycles. The van der Waals surface area contributed by atoms with Crippen LogP contribution < -0.4 is 29.3 Å². The Morgan fingerprint density at radius 2 is 1.64 bits per heavy atom.